The Hall–Kier alpha value is -2.73. The summed E-state index contributed by atoms with van der Waals surface area (Å²) < 4.78 is 13.0. The van der Waals surface area contributed by atoms with Crippen LogP contribution in [-0.4, -0.2) is 54.3 Å². The smallest absolute Gasteiger partial charge is 0.238 e. The molecule has 0 radical (unpaired) electrons. The van der Waals surface area contributed by atoms with Gasteiger partial charge in [0.1, 0.15) is 5.82 Å². The standard InChI is InChI=1S/C22H26FN3O2/c1-2-18-5-3-4-6-20(18)24-21(27)16-25-11-13-26(14-12-25)22(28)15-17-7-9-19(23)10-8-17/h3-10H,2,11-16H2,1H3,(H,24,27). The maximum Gasteiger partial charge on any atom is 0.238 e. The Morgan fingerprint density at radius 2 is 1.68 bits per heavy atom. The largest absolute Gasteiger partial charge is 0.340 e. The van der Waals surface area contributed by atoms with Crippen LogP contribution in [0.15, 0.2) is 48.5 Å². The second-order valence-corrected chi connectivity index (χ2v) is 7.02. The predicted molar refractivity (Wildman–Crippen MR) is 108 cm³/mol. The molecule has 2 aromatic rings. The maximum absolute atomic E-state index is 13.0. The number of para-hydroxylation sites is 1. The highest BCUT2D eigenvalue weighted by Gasteiger charge is 2.22. The van der Waals surface area contributed by atoms with Crippen LogP contribution in [-0.2, 0) is 22.4 Å². The van der Waals surface area contributed by atoms with Crippen molar-refractivity contribution in [3.05, 3.63) is 65.5 Å². The zero-order chi connectivity index (χ0) is 19.9. The van der Waals surface area contributed by atoms with Crippen LogP contribution in [0.3, 0.4) is 0 Å². The Morgan fingerprint density at radius 3 is 2.36 bits per heavy atom. The maximum atomic E-state index is 13.0. The number of hydrogen-bond acceptors (Lipinski definition) is 3. The van der Waals surface area contributed by atoms with E-state index in [0.29, 0.717) is 32.7 Å². The third-order valence-corrected chi connectivity index (χ3v) is 5.03. The fraction of sp³-hybridized carbons (Fsp3) is 0.364. The summed E-state index contributed by atoms with van der Waals surface area (Å²) in [7, 11) is 0. The van der Waals surface area contributed by atoms with E-state index in [1.165, 1.54) is 12.1 Å². The summed E-state index contributed by atoms with van der Waals surface area (Å²) in [5.74, 6) is -0.302. The minimum absolute atomic E-state index is 0.0348. The van der Waals surface area contributed by atoms with Gasteiger partial charge in [-0.15, -0.1) is 0 Å². The van der Waals surface area contributed by atoms with E-state index >= 15 is 0 Å². The average molecular weight is 383 g/mol. The molecule has 1 heterocycles. The number of halogens is 1. The molecule has 1 saturated heterocycles. The zero-order valence-corrected chi connectivity index (χ0v) is 16.2. The zero-order valence-electron chi connectivity index (χ0n) is 16.2. The van der Waals surface area contributed by atoms with Gasteiger partial charge in [-0.3, -0.25) is 14.5 Å². The summed E-state index contributed by atoms with van der Waals surface area (Å²) in [5.41, 5.74) is 2.79. The fourth-order valence-corrected chi connectivity index (χ4v) is 3.39. The van der Waals surface area contributed by atoms with Crippen LogP contribution in [0.2, 0.25) is 0 Å². The molecule has 2 amide bonds. The topological polar surface area (TPSA) is 52.7 Å². The van der Waals surface area contributed by atoms with Gasteiger partial charge in [0.05, 0.1) is 13.0 Å². The predicted octanol–water partition coefficient (Wildman–Crippen LogP) is 2.71. The van der Waals surface area contributed by atoms with E-state index in [4.69, 9.17) is 0 Å². The molecule has 0 aliphatic carbocycles. The van der Waals surface area contributed by atoms with Gasteiger partial charge in [0.15, 0.2) is 0 Å². The lowest BCUT2D eigenvalue weighted by atomic mass is 10.1. The molecular weight excluding hydrogens is 357 g/mol. The van der Waals surface area contributed by atoms with Crippen molar-refractivity contribution < 1.29 is 14.0 Å². The summed E-state index contributed by atoms with van der Waals surface area (Å²) >= 11 is 0. The Bertz CT molecular complexity index is 815. The van der Waals surface area contributed by atoms with Gasteiger partial charge in [-0.1, -0.05) is 37.3 Å². The van der Waals surface area contributed by atoms with Crippen molar-refractivity contribution in [3.63, 3.8) is 0 Å². The molecule has 2 aromatic carbocycles. The summed E-state index contributed by atoms with van der Waals surface area (Å²) in [6, 6.07) is 13.8. The van der Waals surface area contributed by atoms with Crippen LogP contribution < -0.4 is 5.32 Å². The molecule has 3 rings (SSSR count). The minimum atomic E-state index is -0.301. The molecule has 1 fully saturated rings. The first-order chi connectivity index (χ1) is 13.5. The van der Waals surface area contributed by atoms with E-state index in [1.54, 1.807) is 12.1 Å². The molecule has 1 aliphatic rings. The number of carbonyl (C=O) groups is 2. The Kier molecular flexibility index (Phi) is 6.76. The Morgan fingerprint density at radius 1 is 1.00 bits per heavy atom. The third-order valence-electron chi connectivity index (χ3n) is 5.03. The van der Waals surface area contributed by atoms with Gasteiger partial charge in [0.2, 0.25) is 11.8 Å². The number of aryl methyl sites for hydroxylation is 1. The number of anilines is 1. The molecule has 28 heavy (non-hydrogen) atoms. The van der Waals surface area contributed by atoms with Crippen LogP contribution >= 0.6 is 0 Å². The van der Waals surface area contributed by atoms with Gasteiger partial charge < -0.3 is 10.2 Å². The fourth-order valence-electron chi connectivity index (χ4n) is 3.39. The summed E-state index contributed by atoms with van der Waals surface area (Å²) in [6.07, 6.45) is 1.14. The number of benzene rings is 2. The monoisotopic (exact) mass is 383 g/mol. The van der Waals surface area contributed by atoms with Crippen LogP contribution in [0.4, 0.5) is 10.1 Å². The molecule has 0 unspecified atom stereocenters. The molecule has 0 spiro atoms. The summed E-state index contributed by atoms with van der Waals surface area (Å²) in [6.45, 7) is 4.90. The number of piperazine rings is 1. The summed E-state index contributed by atoms with van der Waals surface area (Å²) in [5, 5.41) is 2.99. The average Bonchev–Trinajstić information content (AvgIpc) is 2.70. The highest BCUT2D eigenvalue weighted by Crippen LogP contribution is 2.15. The molecule has 0 aromatic heterocycles. The van der Waals surface area contributed by atoms with Crippen LogP contribution in [0.1, 0.15) is 18.1 Å². The van der Waals surface area contributed by atoms with Crippen molar-refractivity contribution in [2.45, 2.75) is 19.8 Å². The van der Waals surface area contributed by atoms with Crippen molar-refractivity contribution in [1.29, 1.82) is 0 Å². The first-order valence-electron chi connectivity index (χ1n) is 9.67. The van der Waals surface area contributed by atoms with Crippen molar-refractivity contribution >= 4 is 17.5 Å². The second-order valence-electron chi connectivity index (χ2n) is 7.02. The molecular formula is C22H26FN3O2. The lowest BCUT2D eigenvalue weighted by Gasteiger charge is -2.34. The SMILES string of the molecule is CCc1ccccc1NC(=O)CN1CCN(C(=O)Cc2ccc(F)cc2)CC1. The van der Waals surface area contributed by atoms with Gasteiger partial charge in [-0.25, -0.2) is 4.39 Å². The number of carbonyl (C=O) groups excluding carboxylic acids is 2. The lowest BCUT2D eigenvalue weighted by molar-refractivity contribution is -0.132. The Labute approximate surface area is 165 Å². The highest BCUT2D eigenvalue weighted by molar-refractivity contribution is 5.93. The van der Waals surface area contributed by atoms with Gasteiger partial charge >= 0.3 is 0 Å². The highest BCUT2D eigenvalue weighted by atomic mass is 19.1. The van der Waals surface area contributed by atoms with E-state index in [1.807, 2.05) is 29.2 Å². The van der Waals surface area contributed by atoms with Crippen LogP contribution in [0, 0.1) is 5.82 Å². The van der Waals surface area contributed by atoms with Crippen molar-refractivity contribution in [1.82, 2.24) is 9.80 Å². The second kappa shape index (κ2) is 9.46. The van der Waals surface area contributed by atoms with Crippen LogP contribution in [0.25, 0.3) is 0 Å². The first kappa shape index (κ1) is 20.0. The number of amides is 2. The van der Waals surface area contributed by atoms with Crippen molar-refractivity contribution in [2.24, 2.45) is 0 Å². The molecule has 0 bridgehead atoms. The van der Waals surface area contributed by atoms with E-state index in [2.05, 4.69) is 17.1 Å². The van der Waals surface area contributed by atoms with E-state index in [0.717, 1.165) is 23.2 Å². The van der Waals surface area contributed by atoms with Crippen molar-refractivity contribution in [3.8, 4) is 0 Å². The van der Waals surface area contributed by atoms with Gasteiger partial charge in [-0.2, -0.15) is 0 Å². The minimum Gasteiger partial charge on any atom is -0.340 e. The van der Waals surface area contributed by atoms with Gasteiger partial charge in [-0.05, 0) is 35.7 Å². The van der Waals surface area contributed by atoms with Crippen LogP contribution in [0.5, 0.6) is 0 Å². The lowest BCUT2D eigenvalue weighted by Crippen LogP contribution is -2.50. The molecule has 1 aliphatic heterocycles. The molecule has 0 saturated carbocycles. The molecule has 1 N–H and O–H groups in total. The number of hydrogen-bond donors (Lipinski definition) is 1. The quantitative estimate of drug-likeness (QED) is 0.835. The molecule has 6 heteroatoms. The summed E-state index contributed by atoms with van der Waals surface area (Å²) in [4.78, 5) is 28.7. The van der Waals surface area contributed by atoms with E-state index < -0.39 is 0 Å². The van der Waals surface area contributed by atoms with Crippen molar-refractivity contribution in [2.75, 3.05) is 38.0 Å². The Balaban J connectivity index is 1.45. The third kappa shape index (κ3) is 5.39. The van der Waals surface area contributed by atoms with Gasteiger partial charge in [0, 0.05) is 31.9 Å². The number of nitrogens with one attached hydrogen (secondary N) is 1. The van der Waals surface area contributed by atoms with E-state index in [9.17, 15) is 14.0 Å². The molecule has 0 atom stereocenters. The molecule has 5 nitrogen and oxygen atoms in total. The normalized spacial score (nSPS) is 14.7. The molecule has 148 valence electrons. The first-order valence-corrected chi connectivity index (χ1v) is 9.67. The van der Waals surface area contributed by atoms with Gasteiger partial charge in [0.25, 0.3) is 0 Å². The number of nitrogens with zero attached hydrogens (tertiary/aromatic N) is 2. The van der Waals surface area contributed by atoms with E-state index in [-0.39, 0.29) is 24.1 Å². The number of rotatable bonds is 6.